The van der Waals surface area contributed by atoms with Crippen molar-refractivity contribution in [1.82, 2.24) is 15.3 Å². The lowest BCUT2D eigenvalue weighted by molar-refractivity contribution is -0.131. The molecule has 106 valence electrons. The first kappa shape index (κ1) is 14.4. The molecule has 0 aliphatic rings. The molecule has 1 amide bonds. The van der Waals surface area contributed by atoms with E-state index in [2.05, 4.69) is 15.3 Å². The summed E-state index contributed by atoms with van der Waals surface area (Å²) in [5.74, 6) is -1.28. The molecule has 2 aromatic rings. The average molecular weight is 283 g/mol. The molecule has 2 rings (SSSR count). The van der Waals surface area contributed by atoms with Crippen molar-refractivity contribution in [3.63, 3.8) is 0 Å². The number of benzene rings is 1. The zero-order chi connectivity index (χ0) is 15.1. The Balaban J connectivity index is 1.92. The fraction of sp³-hybridized carbons (Fsp3) is 0.0667. The third kappa shape index (κ3) is 4.54. The first-order valence-corrected chi connectivity index (χ1v) is 6.19. The van der Waals surface area contributed by atoms with Crippen LogP contribution in [0.3, 0.4) is 0 Å². The van der Waals surface area contributed by atoms with Crippen LogP contribution in [-0.2, 0) is 11.3 Å². The van der Waals surface area contributed by atoms with Gasteiger partial charge in [-0.25, -0.2) is 9.78 Å². The van der Waals surface area contributed by atoms with Gasteiger partial charge in [0.15, 0.2) is 0 Å². The standard InChI is InChI=1S/C15H13N3O3/c19-14(20)6-5-11-1-3-12(4-2-11)9-18-15(21)13-10-16-7-8-17-13/h1-8,10H,9H2,(H,18,21)(H,19,20). The van der Waals surface area contributed by atoms with Gasteiger partial charge in [0.25, 0.3) is 5.91 Å². The van der Waals surface area contributed by atoms with E-state index in [9.17, 15) is 9.59 Å². The fourth-order valence-corrected chi connectivity index (χ4v) is 1.60. The maximum Gasteiger partial charge on any atom is 0.328 e. The van der Waals surface area contributed by atoms with Crippen LogP contribution in [0.5, 0.6) is 0 Å². The topological polar surface area (TPSA) is 92.2 Å². The van der Waals surface area contributed by atoms with Gasteiger partial charge in [0, 0.05) is 25.0 Å². The summed E-state index contributed by atoms with van der Waals surface area (Å²) in [6.07, 6.45) is 6.93. The summed E-state index contributed by atoms with van der Waals surface area (Å²) < 4.78 is 0. The fourth-order valence-electron chi connectivity index (χ4n) is 1.60. The summed E-state index contributed by atoms with van der Waals surface area (Å²) in [5.41, 5.74) is 1.94. The predicted molar refractivity (Wildman–Crippen MR) is 76.3 cm³/mol. The molecule has 1 heterocycles. The van der Waals surface area contributed by atoms with E-state index < -0.39 is 5.97 Å². The Morgan fingerprint density at radius 2 is 1.95 bits per heavy atom. The van der Waals surface area contributed by atoms with Crippen LogP contribution in [0.15, 0.2) is 48.9 Å². The number of nitrogens with zero attached hydrogens (tertiary/aromatic N) is 2. The van der Waals surface area contributed by atoms with Crippen LogP contribution in [0, 0.1) is 0 Å². The molecule has 0 saturated heterocycles. The quantitative estimate of drug-likeness (QED) is 0.811. The number of aromatic nitrogens is 2. The van der Waals surface area contributed by atoms with E-state index in [1.165, 1.54) is 24.7 Å². The van der Waals surface area contributed by atoms with Crippen molar-refractivity contribution in [2.45, 2.75) is 6.54 Å². The van der Waals surface area contributed by atoms with Gasteiger partial charge in [-0.05, 0) is 17.2 Å². The molecule has 0 fully saturated rings. The summed E-state index contributed by atoms with van der Waals surface area (Å²) in [7, 11) is 0. The van der Waals surface area contributed by atoms with E-state index in [1.54, 1.807) is 12.1 Å². The number of rotatable bonds is 5. The monoisotopic (exact) mass is 283 g/mol. The number of carboxylic acids is 1. The minimum atomic E-state index is -0.990. The Labute approximate surface area is 121 Å². The van der Waals surface area contributed by atoms with Crippen molar-refractivity contribution in [1.29, 1.82) is 0 Å². The Morgan fingerprint density at radius 3 is 2.57 bits per heavy atom. The number of carbonyl (C=O) groups excluding carboxylic acids is 1. The van der Waals surface area contributed by atoms with Crippen LogP contribution in [-0.4, -0.2) is 27.0 Å². The number of hydrogen-bond donors (Lipinski definition) is 2. The van der Waals surface area contributed by atoms with Gasteiger partial charge in [-0.15, -0.1) is 0 Å². The number of nitrogens with one attached hydrogen (secondary N) is 1. The number of carboxylic acid groups (broad SMARTS) is 1. The van der Waals surface area contributed by atoms with Crippen LogP contribution in [0.1, 0.15) is 21.6 Å². The second kappa shape index (κ2) is 6.95. The largest absolute Gasteiger partial charge is 0.478 e. The molecular weight excluding hydrogens is 270 g/mol. The molecule has 21 heavy (non-hydrogen) atoms. The van der Waals surface area contributed by atoms with E-state index in [4.69, 9.17) is 5.11 Å². The third-order valence-corrected chi connectivity index (χ3v) is 2.65. The lowest BCUT2D eigenvalue weighted by Crippen LogP contribution is -2.23. The van der Waals surface area contributed by atoms with E-state index in [-0.39, 0.29) is 11.6 Å². The third-order valence-electron chi connectivity index (χ3n) is 2.65. The van der Waals surface area contributed by atoms with Gasteiger partial charge in [0.1, 0.15) is 5.69 Å². The Bertz CT molecular complexity index is 652. The predicted octanol–water partition coefficient (Wildman–Crippen LogP) is 1.50. The normalized spacial score (nSPS) is 10.5. The maximum absolute atomic E-state index is 11.8. The van der Waals surface area contributed by atoms with Crippen molar-refractivity contribution in [3.05, 3.63) is 65.8 Å². The highest BCUT2D eigenvalue weighted by atomic mass is 16.4. The first-order chi connectivity index (χ1) is 10.1. The maximum atomic E-state index is 11.8. The number of carbonyl (C=O) groups is 2. The van der Waals surface area contributed by atoms with Gasteiger partial charge in [-0.3, -0.25) is 9.78 Å². The van der Waals surface area contributed by atoms with E-state index in [0.717, 1.165) is 17.2 Å². The molecule has 1 aromatic carbocycles. The van der Waals surface area contributed by atoms with E-state index in [0.29, 0.717) is 6.54 Å². The van der Waals surface area contributed by atoms with Gasteiger partial charge < -0.3 is 10.4 Å². The summed E-state index contributed by atoms with van der Waals surface area (Å²) in [4.78, 5) is 29.9. The SMILES string of the molecule is O=C(O)C=Cc1ccc(CNC(=O)c2cnccn2)cc1. The highest BCUT2D eigenvalue weighted by molar-refractivity contribution is 5.91. The molecule has 0 atom stereocenters. The molecule has 0 aliphatic carbocycles. The molecule has 0 unspecified atom stereocenters. The van der Waals surface area contributed by atoms with Crippen LogP contribution in [0.2, 0.25) is 0 Å². The Kier molecular flexibility index (Phi) is 4.76. The Hall–Kier alpha value is -3.02. The molecule has 2 N–H and O–H groups in total. The second-order valence-corrected chi connectivity index (χ2v) is 4.19. The van der Waals surface area contributed by atoms with Crippen molar-refractivity contribution < 1.29 is 14.7 Å². The van der Waals surface area contributed by atoms with E-state index in [1.807, 2.05) is 12.1 Å². The van der Waals surface area contributed by atoms with Crippen LogP contribution >= 0.6 is 0 Å². The van der Waals surface area contributed by atoms with Gasteiger partial charge in [-0.1, -0.05) is 24.3 Å². The lowest BCUT2D eigenvalue weighted by Gasteiger charge is -2.04. The van der Waals surface area contributed by atoms with E-state index >= 15 is 0 Å². The number of amides is 1. The smallest absolute Gasteiger partial charge is 0.328 e. The van der Waals surface area contributed by atoms with Crippen LogP contribution in [0.25, 0.3) is 6.08 Å². The van der Waals surface area contributed by atoms with Gasteiger partial charge in [0.2, 0.25) is 0 Å². The van der Waals surface area contributed by atoms with Crippen molar-refractivity contribution in [3.8, 4) is 0 Å². The van der Waals surface area contributed by atoms with Crippen LogP contribution in [0.4, 0.5) is 0 Å². The highest BCUT2D eigenvalue weighted by Crippen LogP contribution is 2.06. The minimum absolute atomic E-state index is 0.263. The summed E-state index contributed by atoms with van der Waals surface area (Å²) in [5, 5.41) is 11.3. The highest BCUT2D eigenvalue weighted by Gasteiger charge is 2.05. The molecule has 0 aliphatic heterocycles. The average Bonchev–Trinajstić information content (AvgIpc) is 2.52. The summed E-state index contributed by atoms with van der Waals surface area (Å²) in [6.45, 7) is 0.359. The molecular formula is C15H13N3O3. The van der Waals surface area contributed by atoms with Crippen molar-refractivity contribution >= 4 is 18.0 Å². The van der Waals surface area contributed by atoms with Crippen molar-refractivity contribution in [2.75, 3.05) is 0 Å². The zero-order valence-electron chi connectivity index (χ0n) is 11.1. The minimum Gasteiger partial charge on any atom is -0.478 e. The van der Waals surface area contributed by atoms with Gasteiger partial charge in [-0.2, -0.15) is 0 Å². The van der Waals surface area contributed by atoms with Crippen LogP contribution < -0.4 is 5.32 Å². The molecule has 6 heteroatoms. The summed E-state index contributed by atoms with van der Waals surface area (Å²) in [6, 6.07) is 7.20. The second-order valence-electron chi connectivity index (χ2n) is 4.19. The summed E-state index contributed by atoms with van der Waals surface area (Å²) >= 11 is 0. The van der Waals surface area contributed by atoms with Gasteiger partial charge >= 0.3 is 5.97 Å². The van der Waals surface area contributed by atoms with Gasteiger partial charge in [0.05, 0.1) is 6.20 Å². The number of hydrogen-bond acceptors (Lipinski definition) is 4. The molecule has 0 saturated carbocycles. The molecule has 1 aromatic heterocycles. The lowest BCUT2D eigenvalue weighted by atomic mass is 10.1. The van der Waals surface area contributed by atoms with Crippen molar-refractivity contribution in [2.24, 2.45) is 0 Å². The molecule has 0 bridgehead atoms. The molecule has 0 spiro atoms. The first-order valence-electron chi connectivity index (χ1n) is 6.19. The molecule has 0 radical (unpaired) electrons. The Morgan fingerprint density at radius 1 is 1.19 bits per heavy atom. The zero-order valence-corrected chi connectivity index (χ0v) is 11.1. The number of aliphatic carboxylic acids is 1. The molecule has 6 nitrogen and oxygen atoms in total.